The number of fused-ring (bicyclic) bond motifs is 1. The van der Waals surface area contributed by atoms with Crippen molar-refractivity contribution in [3.63, 3.8) is 0 Å². The summed E-state index contributed by atoms with van der Waals surface area (Å²) >= 11 is 3.54. The van der Waals surface area contributed by atoms with E-state index in [1.54, 1.807) is 0 Å². The van der Waals surface area contributed by atoms with E-state index in [4.69, 9.17) is 4.74 Å². The van der Waals surface area contributed by atoms with Gasteiger partial charge < -0.3 is 9.72 Å². The van der Waals surface area contributed by atoms with Crippen LogP contribution in [0.25, 0.3) is 10.9 Å². The molecule has 3 nitrogen and oxygen atoms in total. The highest BCUT2D eigenvalue weighted by Crippen LogP contribution is 2.36. The lowest BCUT2D eigenvalue weighted by molar-refractivity contribution is -0.142. The molecule has 0 spiro atoms. The normalized spacial score (nSPS) is 13.7. The maximum Gasteiger partial charge on any atom is 0.293 e. The molecule has 0 saturated carbocycles. The molecule has 3 rings (SSSR count). The van der Waals surface area contributed by atoms with Crippen LogP contribution in [0.4, 0.5) is 0 Å². The molecule has 0 aliphatic rings. The Balaban J connectivity index is 2.09. The van der Waals surface area contributed by atoms with Crippen LogP contribution in [0.3, 0.4) is 0 Å². The van der Waals surface area contributed by atoms with Gasteiger partial charge in [0, 0.05) is 28.0 Å². The Morgan fingerprint density at radius 1 is 1.18 bits per heavy atom. The lowest BCUT2D eigenvalue weighted by atomic mass is 9.88. The number of aromatic amines is 1. The number of hydrogen-bond donors (Lipinski definition) is 1. The fourth-order valence-electron chi connectivity index (χ4n) is 2.85. The summed E-state index contributed by atoms with van der Waals surface area (Å²) in [5.74, 6) is 0. The van der Waals surface area contributed by atoms with E-state index >= 15 is 0 Å². The van der Waals surface area contributed by atoms with Gasteiger partial charge in [0.15, 0.2) is 0 Å². The van der Waals surface area contributed by atoms with Gasteiger partial charge >= 0.3 is 0 Å². The maximum absolute atomic E-state index is 11.1. The second kappa shape index (κ2) is 5.97. The fraction of sp³-hybridized carbons (Fsp3) is 0.167. The van der Waals surface area contributed by atoms with Crippen molar-refractivity contribution in [3.8, 4) is 0 Å². The van der Waals surface area contributed by atoms with Crippen LogP contribution in [-0.2, 0) is 21.6 Å². The summed E-state index contributed by atoms with van der Waals surface area (Å²) in [6.07, 6.45) is 2.54. The number of aromatic nitrogens is 1. The van der Waals surface area contributed by atoms with E-state index in [0.717, 1.165) is 26.5 Å². The monoisotopic (exact) mass is 357 g/mol. The number of benzene rings is 2. The van der Waals surface area contributed by atoms with Crippen molar-refractivity contribution < 1.29 is 9.53 Å². The van der Waals surface area contributed by atoms with Crippen molar-refractivity contribution in [2.75, 3.05) is 0 Å². The van der Waals surface area contributed by atoms with Crippen LogP contribution >= 0.6 is 15.9 Å². The minimum Gasteiger partial charge on any atom is -0.456 e. The van der Waals surface area contributed by atoms with Gasteiger partial charge in [0.2, 0.25) is 0 Å². The van der Waals surface area contributed by atoms with Gasteiger partial charge in [-0.1, -0.05) is 42.5 Å². The zero-order valence-electron chi connectivity index (χ0n) is 12.2. The zero-order valence-corrected chi connectivity index (χ0v) is 13.8. The highest BCUT2D eigenvalue weighted by molar-refractivity contribution is 9.10. The Hall–Kier alpha value is -2.07. The van der Waals surface area contributed by atoms with Crippen molar-refractivity contribution in [1.29, 1.82) is 0 Å². The largest absolute Gasteiger partial charge is 0.456 e. The van der Waals surface area contributed by atoms with E-state index in [0.29, 0.717) is 12.9 Å². The van der Waals surface area contributed by atoms with Crippen LogP contribution in [0, 0.1) is 0 Å². The van der Waals surface area contributed by atoms with Crippen molar-refractivity contribution in [1.82, 2.24) is 4.98 Å². The summed E-state index contributed by atoms with van der Waals surface area (Å²) in [6.45, 7) is 2.47. The number of para-hydroxylation sites is 1. The maximum atomic E-state index is 11.1. The molecule has 0 bridgehead atoms. The average molecular weight is 358 g/mol. The Bertz CT molecular complexity index is 797. The highest BCUT2D eigenvalue weighted by Gasteiger charge is 2.31. The fourth-order valence-corrected chi connectivity index (χ4v) is 3.33. The Kier molecular flexibility index (Phi) is 4.03. The van der Waals surface area contributed by atoms with E-state index in [1.165, 1.54) is 0 Å². The molecule has 0 radical (unpaired) electrons. The van der Waals surface area contributed by atoms with Gasteiger partial charge in [-0.05, 0) is 34.5 Å². The summed E-state index contributed by atoms with van der Waals surface area (Å²) in [4.78, 5) is 14.3. The summed E-state index contributed by atoms with van der Waals surface area (Å²) in [6, 6.07) is 16.0. The number of hydrogen-bond acceptors (Lipinski definition) is 2. The van der Waals surface area contributed by atoms with Crippen LogP contribution in [0.5, 0.6) is 0 Å². The molecule has 1 aromatic heterocycles. The third-order valence-corrected chi connectivity index (χ3v) is 4.59. The molecule has 2 aromatic carbocycles. The van der Waals surface area contributed by atoms with Gasteiger partial charge in [-0.3, -0.25) is 4.79 Å². The molecule has 1 heterocycles. The summed E-state index contributed by atoms with van der Waals surface area (Å²) in [5.41, 5.74) is 2.38. The van der Waals surface area contributed by atoms with Gasteiger partial charge in [-0.2, -0.15) is 0 Å². The lowest BCUT2D eigenvalue weighted by Crippen LogP contribution is -2.28. The highest BCUT2D eigenvalue weighted by atomic mass is 79.9. The van der Waals surface area contributed by atoms with E-state index in [2.05, 4.69) is 20.9 Å². The Labute approximate surface area is 137 Å². The topological polar surface area (TPSA) is 42.1 Å². The number of nitrogens with one attached hydrogen (secondary N) is 1. The number of H-pyrrole nitrogens is 1. The van der Waals surface area contributed by atoms with Crippen LogP contribution in [0.2, 0.25) is 0 Å². The van der Waals surface area contributed by atoms with Gasteiger partial charge in [-0.25, -0.2) is 0 Å². The molecule has 22 heavy (non-hydrogen) atoms. The van der Waals surface area contributed by atoms with Crippen molar-refractivity contribution in [3.05, 3.63) is 70.3 Å². The minimum atomic E-state index is -0.720. The molecule has 0 fully saturated rings. The molecule has 4 heteroatoms. The SMILES string of the molecule is CC(Cc1ccccc1)(OC=O)c1c[nH]c2c(Br)cccc12. The molecule has 0 aliphatic heterocycles. The van der Waals surface area contributed by atoms with Gasteiger partial charge in [0.25, 0.3) is 6.47 Å². The summed E-state index contributed by atoms with van der Waals surface area (Å²) in [7, 11) is 0. The lowest BCUT2D eigenvalue weighted by Gasteiger charge is -2.28. The van der Waals surface area contributed by atoms with E-state index < -0.39 is 5.60 Å². The summed E-state index contributed by atoms with van der Waals surface area (Å²) < 4.78 is 6.50. The predicted molar refractivity (Wildman–Crippen MR) is 90.6 cm³/mol. The first kappa shape index (κ1) is 14.9. The third kappa shape index (κ3) is 2.66. The second-order valence-electron chi connectivity index (χ2n) is 5.47. The number of carbonyl (C=O) groups is 1. The number of carbonyl (C=O) groups excluding carboxylic acids is 1. The Morgan fingerprint density at radius 2 is 1.95 bits per heavy atom. The average Bonchev–Trinajstić information content (AvgIpc) is 2.94. The number of ether oxygens (including phenoxy) is 1. The van der Waals surface area contributed by atoms with Gasteiger partial charge in [0.1, 0.15) is 5.60 Å². The molecule has 0 saturated heterocycles. The molecule has 1 N–H and O–H groups in total. The van der Waals surface area contributed by atoms with Crippen molar-refractivity contribution in [2.24, 2.45) is 0 Å². The molecular formula is C18H16BrNO2. The van der Waals surface area contributed by atoms with Gasteiger partial charge in [0.05, 0.1) is 5.52 Å². The van der Waals surface area contributed by atoms with E-state index in [-0.39, 0.29) is 0 Å². The predicted octanol–water partition coefficient (Wildman–Crippen LogP) is 4.56. The first-order chi connectivity index (χ1) is 10.6. The van der Waals surface area contributed by atoms with Crippen molar-refractivity contribution in [2.45, 2.75) is 18.9 Å². The first-order valence-electron chi connectivity index (χ1n) is 7.05. The quantitative estimate of drug-likeness (QED) is 0.680. The molecule has 0 amide bonds. The van der Waals surface area contributed by atoms with Crippen LogP contribution in [-0.4, -0.2) is 11.5 Å². The van der Waals surface area contributed by atoms with Crippen molar-refractivity contribution >= 4 is 33.3 Å². The summed E-state index contributed by atoms with van der Waals surface area (Å²) in [5, 5.41) is 1.05. The molecule has 1 atom stereocenters. The van der Waals surface area contributed by atoms with E-state index in [1.807, 2.05) is 61.7 Å². The zero-order chi connectivity index (χ0) is 15.6. The van der Waals surface area contributed by atoms with E-state index in [9.17, 15) is 4.79 Å². The second-order valence-corrected chi connectivity index (χ2v) is 6.33. The molecule has 1 unspecified atom stereocenters. The molecule has 112 valence electrons. The molecular weight excluding hydrogens is 342 g/mol. The first-order valence-corrected chi connectivity index (χ1v) is 7.85. The third-order valence-electron chi connectivity index (χ3n) is 3.93. The van der Waals surface area contributed by atoms with Gasteiger partial charge in [-0.15, -0.1) is 0 Å². The standard InChI is InChI=1S/C18H16BrNO2/c1-18(22-12-21,10-13-6-3-2-4-7-13)15-11-20-17-14(15)8-5-9-16(17)19/h2-9,11-12,20H,10H2,1H3. The van der Waals surface area contributed by atoms with Crippen LogP contribution in [0.15, 0.2) is 59.2 Å². The number of halogens is 1. The smallest absolute Gasteiger partial charge is 0.293 e. The minimum absolute atomic E-state index is 0.528. The molecule has 0 aliphatic carbocycles. The van der Waals surface area contributed by atoms with Crippen LogP contribution < -0.4 is 0 Å². The van der Waals surface area contributed by atoms with Crippen LogP contribution in [0.1, 0.15) is 18.1 Å². The Morgan fingerprint density at radius 3 is 2.68 bits per heavy atom. The number of rotatable bonds is 5. The molecule has 3 aromatic rings.